The lowest BCUT2D eigenvalue weighted by molar-refractivity contribution is -0.0515. The Morgan fingerprint density at radius 2 is 2.06 bits per heavy atom. The SMILES string of the molecule is CC(C)(C)OC(=O)N1C[C@@H](c2ccc(OC(F)F)c(OCC3CC3)c2)C[C@H]1CN=[N+]=[N-]. The smallest absolute Gasteiger partial charge is 0.410 e. The van der Waals surface area contributed by atoms with Crippen molar-refractivity contribution in [1.29, 1.82) is 0 Å². The number of azide groups is 1. The molecular weight excluding hydrogens is 410 g/mol. The van der Waals surface area contributed by atoms with Crippen LogP contribution in [0.3, 0.4) is 0 Å². The highest BCUT2D eigenvalue weighted by molar-refractivity contribution is 5.69. The fourth-order valence-electron chi connectivity index (χ4n) is 3.58. The van der Waals surface area contributed by atoms with Crippen molar-refractivity contribution in [3.05, 3.63) is 34.2 Å². The first-order chi connectivity index (χ1) is 14.7. The number of carbonyl (C=O) groups is 1. The van der Waals surface area contributed by atoms with E-state index in [1.54, 1.807) is 37.8 Å². The predicted molar refractivity (Wildman–Crippen MR) is 109 cm³/mol. The van der Waals surface area contributed by atoms with Crippen molar-refractivity contribution in [1.82, 2.24) is 4.90 Å². The second kappa shape index (κ2) is 9.60. The van der Waals surface area contributed by atoms with E-state index in [0.717, 1.165) is 18.4 Å². The average Bonchev–Trinajstić information content (AvgIpc) is 3.41. The molecule has 2 aliphatic rings. The molecule has 1 heterocycles. The number of alkyl halides is 2. The molecule has 31 heavy (non-hydrogen) atoms. The molecule has 2 fully saturated rings. The lowest BCUT2D eigenvalue weighted by Gasteiger charge is -2.28. The maximum atomic E-state index is 12.8. The summed E-state index contributed by atoms with van der Waals surface area (Å²) in [4.78, 5) is 17.1. The van der Waals surface area contributed by atoms with Gasteiger partial charge in [-0.05, 0) is 69.2 Å². The second-order valence-electron chi connectivity index (χ2n) is 8.97. The number of amides is 1. The van der Waals surface area contributed by atoms with Gasteiger partial charge in [0.05, 0.1) is 6.61 Å². The summed E-state index contributed by atoms with van der Waals surface area (Å²) in [6.45, 7) is 3.35. The standard InChI is InChI=1S/C21H28F2N4O4/c1-21(2,3)31-20(28)27-11-15(8-16(27)10-25-26-24)14-6-7-17(30-19(22)23)18(9-14)29-12-13-4-5-13/h6-7,9,13,15-16,19H,4-5,8,10-12H2,1-3H3/t15-,16-/m0/s1. The van der Waals surface area contributed by atoms with Crippen LogP contribution in [-0.2, 0) is 4.74 Å². The van der Waals surface area contributed by atoms with Crippen molar-refractivity contribution in [2.45, 2.75) is 64.2 Å². The van der Waals surface area contributed by atoms with Crippen LogP contribution in [0.25, 0.3) is 10.4 Å². The molecule has 0 radical (unpaired) electrons. The number of halogens is 2. The van der Waals surface area contributed by atoms with Crippen molar-refractivity contribution in [3.63, 3.8) is 0 Å². The molecule has 3 rings (SSSR count). The number of hydrogen-bond acceptors (Lipinski definition) is 5. The van der Waals surface area contributed by atoms with Crippen LogP contribution < -0.4 is 9.47 Å². The third-order valence-corrected chi connectivity index (χ3v) is 5.22. The van der Waals surface area contributed by atoms with Crippen LogP contribution in [0, 0.1) is 5.92 Å². The summed E-state index contributed by atoms with van der Waals surface area (Å²) < 4.78 is 41.4. The van der Waals surface area contributed by atoms with E-state index in [-0.39, 0.29) is 30.0 Å². The molecular formula is C21H28F2N4O4. The van der Waals surface area contributed by atoms with E-state index in [4.69, 9.17) is 15.0 Å². The quantitative estimate of drug-likeness (QED) is 0.305. The minimum atomic E-state index is -2.95. The van der Waals surface area contributed by atoms with Crippen molar-refractivity contribution < 1.29 is 27.8 Å². The van der Waals surface area contributed by atoms with E-state index >= 15 is 0 Å². The normalized spacial score (nSPS) is 21.0. The van der Waals surface area contributed by atoms with E-state index in [9.17, 15) is 13.6 Å². The van der Waals surface area contributed by atoms with Crippen LogP contribution in [0.1, 0.15) is 51.5 Å². The highest BCUT2D eigenvalue weighted by atomic mass is 19.3. The molecule has 0 bridgehead atoms. The number of hydrogen-bond donors (Lipinski definition) is 0. The first-order valence-electron chi connectivity index (χ1n) is 10.4. The Labute approximate surface area is 180 Å². The van der Waals surface area contributed by atoms with Gasteiger partial charge in [0.1, 0.15) is 5.60 Å². The summed E-state index contributed by atoms with van der Waals surface area (Å²) in [5.74, 6) is 0.625. The maximum Gasteiger partial charge on any atom is 0.410 e. The molecule has 8 nitrogen and oxygen atoms in total. The van der Waals surface area contributed by atoms with E-state index in [1.165, 1.54) is 6.07 Å². The Morgan fingerprint density at radius 3 is 2.68 bits per heavy atom. The molecule has 1 aliphatic carbocycles. The lowest BCUT2D eigenvalue weighted by atomic mass is 9.96. The molecule has 1 aromatic rings. The first kappa shape index (κ1) is 22.9. The van der Waals surface area contributed by atoms with E-state index in [2.05, 4.69) is 14.8 Å². The molecule has 1 aliphatic heterocycles. The third-order valence-electron chi connectivity index (χ3n) is 5.22. The van der Waals surface area contributed by atoms with Crippen LogP contribution in [0.2, 0.25) is 0 Å². The zero-order valence-electron chi connectivity index (χ0n) is 18.0. The fourth-order valence-corrected chi connectivity index (χ4v) is 3.58. The molecule has 1 aromatic carbocycles. The Hall–Kier alpha value is -2.74. The molecule has 170 valence electrons. The van der Waals surface area contributed by atoms with Crippen molar-refractivity contribution in [3.8, 4) is 11.5 Å². The number of benzene rings is 1. The zero-order valence-corrected chi connectivity index (χ0v) is 18.0. The molecule has 0 unspecified atom stereocenters. The van der Waals surface area contributed by atoms with Gasteiger partial charge in [-0.3, -0.25) is 0 Å². The van der Waals surface area contributed by atoms with Crippen molar-refractivity contribution >= 4 is 6.09 Å². The van der Waals surface area contributed by atoms with Gasteiger partial charge in [-0.2, -0.15) is 8.78 Å². The van der Waals surface area contributed by atoms with E-state index in [0.29, 0.717) is 25.5 Å². The Kier molecular flexibility index (Phi) is 7.10. The predicted octanol–water partition coefficient (Wildman–Crippen LogP) is 5.48. The van der Waals surface area contributed by atoms with Gasteiger partial charge in [0.25, 0.3) is 0 Å². The van der Waals surface area contributed by atoms with Gasteiger partial charge >= 0.3 is 12.7 Å². The minimum absolute atomic E-state index is 0.00738. The van der Waals surface area contributed by atoms with Gasteiger partial charge in [0.2, 0.25) is 0 Å². The number of carbonyl (C=O) groups excluding carboxylic acids is 1. The monoisotopic (exact) mass is 438 g/mol. The Morgan fingerprint density at radius 1 is 1.32 bits per heavy atom. The lowest BCUT2D eigenvalue weighted by Crippen LogP contribution is -2.41. The van der Waals surface area contributed by atoms with Gasteiger partial charge in [-0.15, -0.1) is 0 Å². The number of rotatable bonds is 8. The maximum absolute atomic E-state index is 12.8. The highest BCUT2D eigenvalue weighted by Gasteiger charge is 2.38. The largest absolute Gasteiger partial charge is 0.489 e. The first-order valence-corrected chi connectivity index (χ1v) is 10.4. The van der Waals surface area contributed by atoms with Crippen LogP contribution in [0.5, 0.6) is 11.5 Å². The second-order valence-corrected chi connectivity index (χ2v) is 8.97. The summed E-state index contributed by atoms with van der Waals surface area (Å²) in [7, 11) is 0. The molecule has 0 N–H and O–H groups in total. The molecule has 0 spiro atoms. The Balaban J connectivity index is 1.80. The topological polar surface area (TPSA) is 96.8 Å². The minimum Gasteiger partial charge on any atom is -0.489 e. The van der Waals surface area contributed by atoms with E-state index in [1.807, 2.05) is 0 Å². The molecule has 0 aromatic heterocycles. The zero-order chi connectivity index (χ0) is 22.6. The van der Waals surface area contributed by atoms with Crippen molar-refractivity contribution in [2.24, 2.45) is 11.0 Å². The summed E-state index contributed by atoms with van der Waals surface area (Å²) in [6, 6.07) is 4.56. The molecule has 1 saturated carbocycles. The van der Waals surface area contributed by atoms with Gasteiger partial charge in [-0.1, -0.05) is 11.2 Å². The van der Waals surface area contributed by atoms with Crippen LogP contribution in [0.15, 0.2) is 23.3 Å². The third kappa shape index (κ3) is 6.62. The summed E-state index contributed by atoms with van der Waals surface area (Å²) in [6.07, 6.45) is 2.21. The summed E-state index contributed by atoms with van der Waals surface area (Å²) in [5, 5.41) is 3.63. The van der Waals surface area contributed by atoms with E-state index < -0.39 is 18.3 Å². The fraction of sp³-hybridized carbons (Fsp3) is 0.667. The molecule has 1 amide bonds. The van der Waals surface area contributed by atoms with Crippen LogP contribution in [0.4, 0.5) is 13.6 Å². The van der Waals surface area contributed by atoms with Gasteiger partial charge < -0.3 is 19.1 Å². The number of ether oxygens (including phenoxy) is 3. The van der Waals surface area contributed by atoms with Crippen LogP contribution >= 0.6 is 0 Å². The van der Waals surface area contributed by atoms with Crippen LogP contribution in [-0.4, -0.2) is 48.9 Å². The van der Waals surface area contributed by atoms with Crippen molar-refractivity contribution in [2.75, 3.05) is 19.7 Å². The van der Waals surface area contributed by atoms with Gasteiger partial charge in [0.15, 0.2) is 11.5 Å². The van der Waals surface area contributed by atoms with Gasteiger partial charge in [-0.25, -0.2) is 4.79 Å². The number of nitrogens with zero attached hydrogens (tertiary/aromatic N) is 4. The molecule has 2 atom stereocenters. The number of likely N-dealkylation sites (tertiary alicyclic amines) is 1. The average molecular weight is 438 g/mol. The summed E-state index contributed by atoms with van der Waals surface area (Å²) in [5.41, 5.74) is 8.88. The van der Waals surface area contributed by atoms with Gasteiger partial charge in [0, 0.05) is 30.0 Å². The highest BCUT2D eigenvalue weighted by Crippen LogP contribution is 2.39. The molecule has 10 heteroatoms. The Bertz CT molecular complexity index is 835. The molecule has 1 saturated heterocycles. The summed E-state index contributed by atoms with van der Waals surface area (Å²) >= 11 is 0.